The van der Waals surface area contributed by atoms with Crippen LogP contribution < -0.4 is 27.6 Å². The first-order valence-corrected chi connectivity index (χ1v) is 7.59. The average Bonchev–Trinajstić information content (AvgIpc) is 2.56. The maximum atomic E-state index is 12.7. The first-order valence-electron chi connectivity index (χ1n) is 7.59. The molecule has 1 unspecified atom stereocenters. The van der Waals surface area contributed by atoms with Crippen molar-refractivity contribution in [3.8, 4) is 0 Å². The van der Waals surface area contributed by atoms with Crippen molar-refractivity contribution in [2.45, 2.75) is 13.5 Å². The molecule has 1 atom stereocenters. The molecule has 0 aliphatic carbocycles. The van der Waals surface area contributed by atoms with Crippen LogP contribution in [0.2, 0.25) is 0 Å². The number of nitrogens with one attached hydrogen (secondary N) is 1. The monoisotopic (exact) mass is 354 g/mol. The number of quaternary nitrogens is 1. The van der Waals surface area contributed by atoms with Crippen LogP contribution in [0.1, 0.15) is 12.5 Å². The number of para-hydroxylation sites is 1. The van der Waals surface area contributed by atoms with Crippen molar-refractivity contribution in [1.82, 2.24) is 0 Å². The third-order valence-electron chi connectivity index (χ3n) is 3.88. The summed E-state index contributed by atoms with van der Waals surface area (Å²) in [6.07, 6.45) is -0.553. The number of amides is 1. The number of hydrogen-bond acceptors (Lipinski definition) is 5. The summed E-state index contributed by atoms with van der Waals surface area (Å²) in [5.74, 6) is 0.244. The third kappa shape index (κ3) is 3.24. The Hall–Kier alpha value is -2.09. The zero-order chi connectivity index (χ0) is 16.4. The minimum atomic E-state index is -0.553. The summed E-state index contributed by atoms with van der Waals surface area (Å²) in [4.78, 5) is 27.2. The van der Waals surface area contributed by atoms with Crippen molar-refractivity contribution in [2.24, 2.45) is 0 Å². The molecule has 24 heavy (non-hydrogen) atoms. The summed E-state index contributed by atoms with van der Waals surface area (Å²) in [6.45, 7) is 3.05. The van der Waals surface area contributed by atoms with Crippen LogP contribution in [-0.2, 0) is 11.3 Å². The van der Waals surface area contributed by atoms with E-state index in [2.05, 4.69) is 0 Å². The fraction of sp³-hybridized carbons (Fsp3) is 0.375. The fourth-order valence-electron chi connectivity index (χ4n) is 2.82. The summed E-state index contributed by atoms with van der Waals surface area (Å²) < 4.78 is 10.9. The fourth-order valence-corrected chi connectivity index (χ4v) is 2.82. The second-order valence-corrected chi connectivity index (χ2v) is 5.40. The Kier molecular flexibility index (Phi) is 5.82. The molecule has 1 amide bonds. The number of anilines is 1. The Balaban J connectivity index is 0.00000208. The molecule has 1 aromatic heterocycles. The Morgan fingerprint density at radius 3 is 2.88 bits per heavy atom. The number of aliphatic hydroxyl groups is 1. The number of ether oxygens (including phenoxy) is 1. The Labute approximate surface area is 144 Å². The Morgan fingerprint density at radius 2 is 2.17 bits per heavy atom. The molecular weight excluding hydrogens is 336 g/mol. The minimum absolute atomic E-state index is 0. The number of hydrogen-bond donors (Lipinski definition) is 2. The number of carbonyl (C=O) groups excluding carboxylic acids is 1. The highest BCUT2D eigenvalue weighted by Crippen LogP contribution is 2.25. The van der Waals surface area contributed by atoms with E-state index in [1.54, 1.807) is 31.2 Å². The summed E-state index contributed by atoms with van der Waals surface area (Å²) >= 11 is 0. The molecular formula is C16H19ClN2O5. The molecule has 2 heterocycles. The van der Waals surface area contributed by atoms with E-state index in [1.807, 2.05) is 0 Å². The number of nitrogens with zero attached hydrogens (tertiary/aromatic N) is 1. The number of benzene rings is 1. The van der Waals surface area contributed by atoms with Gasteiger partial charge in [-0.2, -0.15) is 4.90 Å². The highest BCUT2D eigenvalue weighted by molar-refractivity contribution is 5.89. The molecule has 2 aromatic rings. The van der Waals surface area contributed by atoms with Gasteiger partial charge in [0.2, 0.25) is 11.3 Å². The van der Waals surface area contributed by atoms with Crippen LogP contribution >= 0.6 is 0 Å². The van der Waals surface area contributed by atoms with E-state index < -0.39 is 6.09 Å². The van der Waals surface area contributed by atoms with E-state index in [-0.39, 0.29) is 43.6 Å². The Bertz CT molecular complexity index is 792. The SMILES string of the molecule is CCOC(=O)N1C[NH+](CCO)Cc2c1oc1ccccc1c2=O.[Cl-]. The lowest BCUT2D eigenvalue weighted by Gasteiger charge is -2.31. The van der Waals surface area contributed by atoms with Crippen molar-refractivity contribution >= 4 is 22.9 Å². The molecule has 1 aromatic carbocycles. The maximum absolute atomic E-state index is 12.7. The number of rotatable bonds is 3. The quantitative estimate of drug-likeness (QED) is 0.618. The third-order valence-corrected chi connectivity index (χ3v) is 3.88. The molecule has 0 fully saturated rings. The molecule has 0 spiro atoms. The smallest absolute Gasteiger partial charge is 0.421 e. The zero-order valence-corrected chi connectivity index (χ0v) is 14.0. The van der Waals surface area contributed by atoms with Gasteiger partial charge in [0.05, 0.1) is 18.6 Å². The molecule has 0 saturated carbocycles. The minimum Gasteiger partial charge on any atom is -1.00 e. The van der Waals surface area contributed by atoms with Crippen molar-refractivity contribution in [3.05, 3.63) is 40.1 Å². The first-order chi connectivity index (χ1) is 11.2. The van der Waals surface area contributed by atoms with E-state index >= 15 is 0 Å². The van der Waals surface area contributed by atoms with Crippen molar-refractivity contribution in [2.75, 3.05) is 31.3 Å². The van der Waals surface area contributed by atoms with Crippen LogP contribution in [0.5, 0.6) is 0 Å². The van der Waals surface area contributed by atoms with E-state index in [0.717, 1.165) is 4.90 Å². The van der Waals surface area contributed by atoms with Gasteiger partial charge in [-0.3, -0.25) is 4.79 Å². The van der Waals surface area contributed by atoms with Crippen molar-refractivity contribution in [1.29, 1.82) is 0 Å². The molecule has 7 nitrogen and oxygen atoms in total. The van der Waals surface area contributed by atoms with Crippen LogP contribution in [0, 0.1) is 0 Å². The molecule has 130 valence electrons. The predicted octanol–water partition coefficient (Wildman–Crippen LogP) is -2.89. The van der Waals surface area contributed by atoms with E-state index in [0.29, 0.717) is 29.6 Å². The van der Waals surface area contributed by atoms with Crippen molar-refractivity contribution in [3.63, 3.8) is 0 Å². The summed E-state index contributed by atoms with van der Waals surface area (Å²) in [6, 6.07) is 6.96. The van der Waals surface area contributed by atoms with E-state index in [4.69, 9.17) is 9.15 Å². The molecule has 8 heteroatoms. The number of fused-ring (bicyclic) bond motifs is 2. The molecule has 0 radical (unpaired) electrons. The average molecular weight is 355 g/mol. The summed E-state index contributed by atoms with van der Waals surface area (Å²) in [5.41, 5.74) is 0.730. The second-order valence-electron chi connectivity index (χ2n) is 5.40. The van der Waals surface area contributed by atoms with Gasteiger partial charge in [0.1, 0.15) is 24.2 Å². The van der Waals surface area contributed by atoms with Gasteiger partial charge in [-0.15, -0.1) is 0 Å². The van der Waals surface area contributed by atoms with Gasteiger partial charge < -0.3 is 31.6 Å². The van der Waals surface area contributed by atoms with Crippen LogP contribution in [0.3, 0.4) is 0 Å². The lowest BCUT2D eigenvalue weighted by atomic mass is 10.1. The number of carbonyl (C=O) groups is 1. The summed E-state index contributed by atoms with van der Waals surface area (Å²) in [7, 11) is 0. The van der Waals surface area contributed by atoms with Gasteiger partial charge in [0.15, 0.2) is 6.67 Å². The lowest BCUT2D eigenvalue weighted by Crippen LogP contribution is -3.14. The topological polar surface area (TPSA) is 84.4 Å². The zero-order valence-electron chi connectivity index (χ0n) is 13.3. The highest BCUT2D eigenvalue weighted by atomic mass is 35.5. The Morgan fingerprint density at radius 1 is 1.42 bits per heavy atom. The van der Waals surface area contributed by atoms with Crippen LogP contribution in [-0.4, -0.2) is 37.6 Å². The van der Waals surface area contributed by atoms with Gasteiger partial charge in [0, 0.05) is 0 Å². The number of halogens is 1. The van der Waals surface area contributed by atoms with E-state index in [9.17, 15) is 14.7 Å². The highest BCUT2D eigenvalue weighted by Gasteiger charge is 2.35. The normalized spacial score (nSPS) is 16.4. The van der Waals surface area contributed by atoms with Crippen LogP contribution in [0.4, 0.5) is 10.7 Å². The van der Waals surface area contributed by atoms with Crippen molar-refractivity contribution < 1.29 is 36.4 Å². The molecule has 3 rings (SSSR count). The van der Waals surface area contributed by atoms with Crippen LogP contribution in [0.25, 0.3) is 11.0 Å². The first kappa shape index (κ1) is 18.3. The van der Waals surface area contributed by atoms with Gasteiger partial charge in [-0.05, 0) is 19.1 Å². The standard InChI is InChI=1S/C16H18N2O5.ClH/c1-2-22-16(21)18-10-17(7-8-19)9-12-14(20)11-5-3-4-6-13(11)23-15(12)18;/h3-6,19H,2,7-10H2,1H3;1H. The lowest BCUT2D eigenvalue weighted by molar-refractivity contribution is -0.915. The van der Waals surface area contributed by atoms with Gasteiger partial charge in [-0.25, -0.2) is 4.79 Å². The predicted molar refractivity (Wildman–Crippen MR) is 83.5 cm³/mol. The largest absolute Gasteiger partial charge is 1.00 e. The molecule has 1 aliphatic heterocycles. The molecule has 0 bridgehead atoms. The van der Waals surface area contributed by atoms with Crippen LogP contribution in [0.15, 0.2) is 33.5 Å². The van der Waals surface area contributed by atoms with E-state index in [1.165, 1.54) is 4.90 Å². The molecule has 2 N–H and O–H groups in total. The van der Waals surface area contributed by atoms with Gasteiger partial charge in [0.25, 0.3) is 0 Å². The summed E-state index contributed by atoms with van der Waals surface area (Å²) in [5, 5.41) is 9.67. The maximum Gasteiger partial charge on any atom is 0.421 e. The van der Waals surface area contributed by atoms with Gasteiger partial charge >= 0.3 is 6.09 Å². The van der Waals surface area contributed by atoms with Gasteiger partial charge in [-0.1, -0.05) is 12.1 Å². The number of aliphatic hydroxyl groups excluding tert-OH is 1. The molecule has 0 saturated heterocycles. The second kappa shape index (κ2) is 7.65. The molecule has 1 aliphatic rings.